The first-order chi connectivity index (χ1) is 15.1. The molecule has 31 heavy (non-hydrogen) atoms. The van der Waals surface area contributed by atoms with Crippen LogP contribution in [-0.2, 0) is 11.2 Å². The van der Waals surface area contributed by atoms with Crippen molar-refractivity contribution in [1.29, 1.82) is 0 Å². The number of ether oxygens (including phenoxy) is 1. The number of carbonyl (C=O) groups excluding carboxylic acids is 2. The topological polar surface area (TPSA) is 96.7 Å². The van der Waals surface area contributed by atoms with Crippen molar-refractivity contribution in [3.05, 3.63) is 60.5 Å². The molecule has 1 aromatic heterocycles. The SMILES string of the molecule is COc1ccc(-c2nc(CCNC(=O)Nc3ccccc3N3CCCC3=O)co2)cc1. The van der Waals surface area contributed by atoms with Crippen LogP contribution in [0.25, 0.3) is 11.5 Å². The second kappa shape index (κ2) is 9.34. The van der Waals surface area contributed by atoms with E-state index < -0.39 is 0 Å². The molecule has 0 bridgehead atoms. The highest BCUT2D eigenvalue weighted by Gasteiger charge is 2.24. The summed E-state index contributed by atoms with van der Waals surface area (Å²) in [6.07, 6.45) is 3.49. The highest BCUT2D eigenvalue weighted by molar-refractivity contribution is 6.01. The molecular weight excluding hydrogens is 396 g/mol. The fourth-order valence-corrected chi connectivity index (χ4v) is 3.48. The first kappa shape index (κ1) is 20.5. The lowest BCUT2D eigenvalue weighted by molar-refractivity contribution is -0.117. The van der Waals surface area contributed by atoms with Gasteiger partial charge >= 0.3 is 6.03 Å². The van der Waals surface area contributed by atoms with E-state index in [4.69, 9.17) is 9.15 Å². The van der Waals surface area contributed by atoms with Crippen molar-refractivity contribution < 1.29 is 18.7 Å². The van der Waals surface area contributed by atoms with Gasteiger partial charge in [-0.1, -0.05) is 12.1 Å². The van der Waals surface area contributed by atoms with Crippen LogP contribution in [0.5, 0.6) is 5.75 Å². The molecule has 2 heterocycles. The van der Waals surface area contributed by atoms with Gasteiger partial charge in [-0.05, 0) is 42.8 Å². The van der Waals surface area contributed by atoms with Gasteiger partial charge in [0.25, 0.3) is 0 Å². The van der Waals surface area contributed by atoms with Gasteiger partial charge in [-0.15, -0.1) is 0 Å². The average Bonchev–Trinajstić information content (AvgIpc) is 3.43. The van der Waals surface area contributed by atoms with E-state index in [1.165, 1.54) is 0 Å². The second-order valence-corrected chi connectivity index (χ2v) is 7.17. The third kappa shape index (κ3) is 4.85. The first-order valence-electron chi connectivity index (χ1n) is 10.2. The van der Waals surface area contributed by atoms with Gasteiger partial charge in [-0.2, -0.15) is 0 Å². The Morgan fingerprint density at radius 2 is 2.00 bits per heavy atom. The van der Waals surface area contributed by atoms with Gasteiger partial charge in [0.1, 0.15) is 12.0 Å². The Hall–Kier alpha value is -3.81. The standard InChI is InChI=1S/C23H24N4O4/c1-30-18-10-8-16(9-11-18)22-25-17(15-31-22)12-13-24-23(29)26-19-5-2-3-6-20(19)27-14-4-7-21(27)28/h2-3,5-6,8-11,15H,4,7,12-14H2,1H3,(H2,24,26,29). The number of methoxy groups -OCH3 is 1. The predicted octanol–water partition coefficient (Wildman–Crippen LogP) is 3.84. The molecule has 4 rings (SSSR count). The maximum Gasteiger partial charge on any atom is 0.319 e. The summed E-state index contributed by atoms with van der Waals surface area (Å²) in [6.45, 7) is 1.06. The molecule has 3 amide bonds. The monoisotopic (exact) mass is 420 g/mol. The van der Waals surface area contributed by atoms with Crippen molar-refractivity contribution in [3.8, 4) is 17.2 Å². The third-order valence-corrected chi connectivity index (χ3v) is 5.07. The minimum absolute atomic E-state index is 0.0772. The van der Waals surface area contributed by atoms with Gasteiger partial charge in [0, 0.05) is 31.5 Å². The lowest BCUT2D eigenvalue weighted by atomic mass is 10.2. The summed E-state index contributed by atoms with van der Waals surface area (Å²) in [5, 5.41) is 5.66. The quantitative estimate of drug-likeness (QED) is 0.605. The zero-order valence-corrected chi connectivity index (χ0v) is 17.3. The summed E-state index contributed by atoms with van der Waals surface area (Å²) in [5.41, 5.74) is 2.93. The Bertz CT molecular complexity index is 1060. The molecule has 1 aliphatic heterocycles. The number of urea groups is 1. The second-order valence-electron chi connectivity index (χ2n) is 7.17. The van der Waals surface area contributed by atoms with E-state index in [1.807, 2.05) is 42.5 Å². The molecule has 1 fully saturated rings. The Balaban J connectivity index is 1.30. The van der Waals surface area contributed by atoms with Crippen LogP contribution in [0.15, 0.2) is 59.2 Å². The van der Waals surface area contributed by atoms with Gasteiger partial charge in [0.15, 0.2) is 0 Å². The highest BCUT2D eigenvalue weighted by Crippen LogP contribution is 2.29. The zero-order chi connectivity index (χ0) is 21.6. The number of hydrogen-bond acceptors (Lipinski definition) is 5. The molecule has 160 valence electrons. The molecule has 2 aromatic carbocycles. The van der Waals surface area contributed by atoms with Crippen molar-refractivity contribution >= 4 is 23.3 Å². The van der Waals surface area contributed by atoms with Gasteiger partial charge in [0.05, 0.1) is 24.2 Å². The van der Waals surface area contributed by atoms with E-state index >= 15 is 0 Å². The lowest BCUT2D eigenvalue weighted by Crippen LogP contribution is -2.32. The number of para-hydroxylation sites is 2. The summed E-state index contributed by atoms with van der Waals surface area (Å²) >= 11 is 0. The molecule has 8 nitrogen and oxygen atoms in total. The molecule has 8 heteroatoms. The maximum absolute atomic E-state index is 12.4. The van der Waals surface area contributed by atoms with Crippen LogP contribution in [0.3, 0.4) is 0 Å². The fraction of sp³-hybridized carbons (Fsp3) is 0.261. The van der Waals surface area contributed by atoms with Crippen molar-refractivity contribution in [2.24, 2.45) is 0 Å². The number of anilines is 2. The molecule has 0 aliphatic carbocycles. The normalized spacial score (nSPS) is 13.3. The molecule has 1 saturated heterocycles. The summed E-state index contributed by atoms with van der Waals surface area (Å²) < 4.78 is 10.7. The minimum Gasteiger partial charge on any atom is -0.497 e. The number of nitrogens with zero attached hydrogens (tertiary/aromatic N) is 2. The predicted molar refractivity (Wildman–Crippen MR) is 117 cm³/mol. The smallest absolute Gasteiger partial charge is 0.319 e. The van der Waals surface area contributed by atoms with Crippen molar-refractivity contribution in [3.63, 3.8) is 0 Å². The number of aromatic nitrogens is 1. The van der Waals surface area contributed by atoms with E-state index in [-0.39, 0.29) is 11.9 Å². The largest absolute Gasteiger partial charge is 0.497 e. The van der Waals surface area contributed by atoms with E-state index in [2.05, 4.69) is 15.6 Å². The number of oxazole rings is 1. The Kier molecular flexibility index (Phi) is 6.16. The molecule has 3 aromatic rings. The zero-order valence-electron chi connectivity index (χ0n) is 17.3. The number of nitrogens with one attached hydrogen (secondary N) is 2. The van der Waals surface area contributed by atoms with E-state index in [0.29, 0.717) is 37.5 Å². The molecule has 0 spiro atoms. The highest BCUT2D eigenvalue weighted by atomic mass is 16.5. The molecular formula is C23H24N4O4. The summed E-state index contributed by atoms with van der Waals surface area (Å²) in [6, 6.07) is 14.4. The van der Waals surface area contributed by atoms with Gasteiger partial charge in [-0.25, -0.2) is 9.78 Å². The molecule has 0 radical (unpaired) electrons. The minimum atomic E-state index is -0.335. The molecule has 0 saturated carbocycles. The van der Waals surface area contributed by atoms with Gasteiger partial charge in [0.2, 0.25) is 11.8 Å². The Morgan fingerprint density at radius 1 is 1.19 bits per heavy atom. The van der Waals surface area contributed by atoms with Crippen molar-refractivity contribution in [2.75, 3.05) is 30.4 Å². The summed E-state index contributed by atoms with van der Waals surface area (Å²) in [4.78, 5) is 30.6. The van der Waals surface area contributed by atoms with Crippen LogP contribution in [0.1, 0.15) is 18.5 Å². The number of benzene rings is 2. The van der Waals surface area contributed by atoms with Crippen LogP contribution in [0.2, 0.25) is 0 Å². The summed E-state index contributed by atoms with van der Waals surface area (Å²) in [5.74, 6) is 1.36. The lowest BCUT2D eigenvalue weighted by Gasteiger charge is -2.20. The fourth-order valence-electron chi connectivity index (χ4n) is 3.48. The summed E-state index contributed by atoms with van der Waals surface area (Å²) in [7, 11) is 1.62. The Labute approximate surface area is 180 Å². The Morgan fingerprint density at radius 3 is 2.74 bits per heavy atom. The van der Waals surface area contributed by atoms with Gasteiger partial charge < -0.3 is 24.7 Å². The number of carbonyl (C=O) groups is 2. The van der Waals surface area contributed by atoms with Crippen molar-refractivity contribution in [1.82, 2.24) is 10.3 Å². The van der Waals surface area contributed by atoms with Crippen molar-refractivity contribution in [2.45, 2.75) is 19.3 Å². The molecule has 0 unspecified atom stereocenters. The molecule has 2 N–H and O–H groups in total. The number of hydrogen-bond donors (Lipinski definition) is 2. The third-order valence-electron chi connectivity index (χ3n) is 5.07. The van der Waals surface area contributed by atoms with Crippen LogP contribution < -0.4 is 20.3 Å². The number of rotatable bonds is 7. The van der Waals surface area contributed by atoms with Gasteiger partial charge in [-0.3, -0.25) is 4.79 Å². The van der Waals surface area contributed by atoms with Crippen LogP contribution in [0, 0.1) is 0 Å². The van der Waals surface area contributed by atoms with E-state index in [9.17, 15) is 9.59 Å². The van der Waals surface area contributed by atoms with E-state index in [0.717, 1.165) is 29.1 Å². The van der Waals surface area contributed by atoms with Crippen LogP contribution in [-0.4, -0.2) is 37.1 Å². The molecule has 1 aliphatic rings. The first-order valence-corrected chi connectivity index (χ1v) is 10.2. The van der Waals surface area contributed by atoms with Crippen LogP contribution in [0.4, 0.5) is 16.2 Å². The van der Waals surface area contributed by atoms with E-state index in [1.54, 1.807) is 24.3 Å². The maximum atomic E-state index is 12.4. The van der Waals surface area contributed by atoms with Crippen LogP contribution >= 0.6 is 0 Å². The molecule has 0 atom stereocenters. The number of amides is 3. The average molecular weight is 420 g/mol.